The third kappa shape index (κ3) is 2.20. The lowest BCUT2D eigenvalue weighted by Crippen LogP contribution is -1.94. The van der Waals surface area contributed by atoms with Crippen molar-refractivity contribution in [1.29, 1.82) is 0 Å². The van der Waals surface area contributed by atoms with Gasteiger partial charge in [0.15, 0.2) is 0 Å². The van der Waals surface area contributed by atoms with Crippen LogP contribution in [0.2, 0.25) is 0 Å². The number of anilines is 1. The number of benzene rings is 2. The van der Waals surface area contributed by atoms with E-state index in [4.69, 9.17) is 5.73 Å². The third-order valence-electron chi connectivity index (χ3n) is 2.88. The van der Waals surface area contributed by atoms with E-state index in [-0.39, 0.29) is 5.82 Å². The van der Waals surface area contributed by atoms with Crippen molar-refractivity contribution in [3.8, 4) is 16.9 Å². The lowest BCUT2D eigenvalue weighted by atomic mass is 10.1. The summed E-state index contributed by atoms with van der Waals surface area (Å²) in [6, 6.07) is 15.8. The maximum absolute atomic E-state index is 12.9. The SMILES string of the molecule is Nc1cn(-c2ccccc2)nc1-c1ccc(F)cc1. The lowest BCUT2D eigenvalue weighted by molar-refractivity contribution is 0.628. The van der Waals surface area contributed by atoms with Crippen molar-refractivity contribution >= 4 is 5.69 Å². The minimum Gasteiger partial charge on any atom is -0.396 e. The Balaban J connectivity index is 2.05. The van der Waals surface area contributed by atoms with Crippen LogP contribution >= 0.6 is 0 Å². The number of aromatic nitrogens is 2. The van der Waals surface area contributed by atoms with E-state index < -0.39 is 0 Å². The zero-order valence-corrected chi connectivity index (χ0v) is 10.1. The fraction of sp³-hybridized carbons (Fsp3) is 0. The Morgan fingerprint density at radius 3 is 2.32 bits per heavy atom. The second kappa shape index (κ2) is 4.57. The molecule has 0 aliphatic heterocycles. The topological polar surface area (TPSA) is 43.8 Å². The predicted octanol–water partition coefficient (Wildman–Crippen LogP) is 3.26. The first kappa shape index (κ1) is 11.5. The van der Waals surface area contributed by atoms with Crippen LogP contribution < -0.4 is 5.73 Å². The molecule has 0 radical (unpaired) electrons. The molecule has 3 rings (SSSR count). The van der Waals surface area contributed by atoms with Crippen molar-refractivity contribution in [1.82, 2.24) is 9.78 Å². The number of hydrogen-bond donors (Lipinski definition) is 1. The monoisotopic (exact) mass is 253 g/mol. The van der Waals surface area contributed by atoms with Crippen molar-refractivity contribution < 1.29 is 4.39 Å². The van der Waals surface area contributed by atoms with Crippen LogP contribution in [-0.4, -0.2) is 9.78 Å². The standard InChI is InChI=1S/C15H12FN3/c16-12-8-6-11(7-9-12)15-14(17)10-19(18-15)13-4-2-1-3-5-13/h1-10H,17H2. The summed E-state index contributed by atoms with van der Waals surface area (Å²) >= 11 is 0. The average Bonchev–Trinajstić information content (AvgIpc) is 2.83. The van der Waals surface area contributed by atoms with Crippen LogP contribution in [0.1, 0.15) is 0 Å². The molecular weight excluding hydrogens is 241 g/mol. The van der Waals surface area contributed by atoms with Crippen LogP contribution in [0.5, 0.6) is 0 Å². The van der Waals surface area contributed by atoms with Gasteiger partial charge in [0.05, 0.1) is 17.6 Å². The first-order chi connectivity index (χ1) is 9.24. The number of hydrogen-bond acceptors (Lipinski definition) is 2. The predicted molar refractivity (Wildman–Crippen MR) is 73.4 cm³/mol. The summed E-state index contributed by atoms with van der Waals surface area (Å²) in [4.78, 5) is 0. The number of para-hydroxylation sites is 1. The van der Waals surface area contributed by atoms with E-state index in [1.165, 1.54) is 12.1 Å². The van der Waals surface area contributed by atoms with Crippen molar-refractivity contribution in [2.45, 2.75) is 0 Å². The Labute approximate surface area is 110 Å². The molecule has 0 bridgehead atoms. The molecule has 0 aliphatic carbocycles. The van der Waals surface area contributed by atoms with E-state index in [0.29, 0.717) is 11.4 Å². The smallest absolute Gasteiger partial charge is 0.123 e. The largest absolute Gasteiger partial charge is 0.396 e. The molecule has 4 heteroatoms. The molecule has 3 aromatic rings. The van der Waals surface area contributed by atoms with Gasteiger partial charge in [0.25, 0.3) is 0 Å². The van der Waals surface area contributed by atoms with Crippen LogP contribution in [0.25, 0.3) is 16.9 Å². The van der Waals surface area contributed by atoms with Gasteiger partial charge >= 0.3 is 0 Å². The molecule has 19 heavy (non-hydrogen) atoms. The van der Waals surface area contributed by atoms with Crippen molar-refractivity contribution in [2.24, 2.45) is 0 Å². The molecule has 0 fully saturated rings. The number of nitrogen functional groups attached to an aromatic ring is 1. The second-order valence-electron chi connectivity index (χ2n) is 4.22. The van der Waals surface area contributed by atoms with Crippen molar-refractivity contribution in [2.75, 3.05) is 5.73 Å². The van der Waals surface area contributed by atoms with E-state index in [1.807, 2.05) is 30.3 Å². The lowest BCUT2D eigenvalue weighted by Gasteiger charge is -2.00. The van der Waals surface area contributed by atoms with E-state index in [1.54, 1.807) is 23.0 Å². The highest BCUT2D eigenvalue weighted by Crippen LogP contribution is 2.25. The summed E-state index contributed by atoms with van der Waals surface area (Å²) in [6.07, 6.45) is 1.76. The number of nitrogens with two attached hydrogens (primary N) is 1. The van der Waals surface area contributed by atoms with Gasteiger partial charge in [-0.1, -0.05) is 18.2 Å². The minimum absolute atomic E-state index is 0.273. The quantitative estimate of drug-likeness (QED) is 0.761. The Morgan fingerprint density at radius 2 is 1.63 bits per heavy atom. The molecule has 2 aromatic carbocycles. The number of nitrogens with zero attached hydrogens (tertiary/aromatic N) is 2. The van der Waals surface area contributed by atoms with Gasteiger partial charge in [-0.25, -0.2) is 9.07 Å². The average molecular weight is 253 g/mol. The Morgan fingerprint density at radius 1 is 0.947 bits per heavy atom. The van der Waals surface area contributed by atoms with E-state index in [9.17, 15) is 4.39 Å². The molecule has 0 amide bonds. The summed E-state index contributed by atoms with van der Waals surface area (Å²) in [7, 11) is 0. The second-order valence-corrected chi connectivity index (χ2v) is 4.22. The highest BCUT2D eigenvalue weighted by atomic mass is 19.1. The molecule has 0 unspecified atom stereocenters. The third-order valence-corrected chi connectivity index (χ3v) is 2.88. The van der Waals surface area contributed by atoms with Crippen LogP contribution in [-0.2, 0) is 0 Å². The van der Waals surface area contributed by atoms with Crippen LogP contribution in [0, 0.1) is 5.82 Å². The maximum Gasteiger partial charge on any atom is 0.123 e. The molecule has 3 nitrogen and oxygen atoms in total. The fourth-order valence-corrected chi connectivity index (χ4v) is 1.93. The summed E-state index contributed by atoms with van der Waals surface area (Å²) in [5.41, 5.74) is 8.93. The van der Waals surface area contributed by atoms with Gasteiger partial charge in [-0.15, -0.1) is 0 Å². The van der Waals surface area contributed by atoms with Crippen molar-refractivity contribution in [3.05, 3.63) is 66.6 Å². The van der Waals surface area contributed by atoms with E-state index >= 15 is 0 Å². The van der Waals surface area contributed by atoms with Gasteiger partial charge in [0.1, 0.15) is 11.5 Å². The Kier molecular flexibility index (Phi) is 2.76. The molecule has 1 heterocycles. The minimum atomic E-state index is -0.273. The number of rotatable bonds is 2. The molecule has 0 aliphatic rings. The van der Waals surface area contributed by atoms with Gasteiger partial charge in [0.2, 0.25) is 0 Å². The summed E-state index contributed by atoms with van der Waals surface area (Å²) in [5.74, 6) is -0.273. The van der Waals surface area contributed by atoms with E-state index in [2.05, 4.69) is 5.10 Å². The summed E-state index contributed by atoms with van der Waals surface area (Å²) in [6.45, 7) is 0. The molecule has 1 aromatic heterocycles. The zero-order chi connectivity index (χ0) is 13.2. The summed E-state index contributed by atoms with van der Waals surface area (Å²) < 4.78 is 14.6. The van der Waals surface area contributed by atoms with Crippen LogP contribution in [0.15, 0.2) is 60.8 Å². The van der Waals surface area contributed by atoms with Gasteiger partial charge in [-0.2, -0.15) is 5.10 Å². The van der Waals surface area contributed by atoms with Crippen LogP contribution in [0.3, 0.4) is 0 Å². The fourth-order valence-electron chi connectivity index (χ4n) is 1.93. The van der Waals surface area contributed by atoms with Gasteiger partial charge in [-0.3, -0.25) is 0 Å². The maximum atomic E-state index is 12.9. The molecule has 0 atom stereocenters. The highest BCUT2D eigenvalue weighted by Gasteiger charge is 2.09. The van der Waals surface area contributed by atoms with Crippen LogP contribution in [0.4, 0.5) is 10.1 Å². The first-order valence-corrected chi connectivity index (χ1v) is 5.90. The number of halogens is 1. The molecule has 94 valence electrons. The van der Waals surface area contributed by atoms with Gasteiger partial charge < -0.3 is 5.73 Å². The first-order valence-electron chi connectivity index (χ1n) is 5.90. The van der Waals surface area contributed by atoms with E-state index in [0.717, 1.165) is 11.3 Å². The molecule has 0 saturated carbocycles. The van der Waals surface area contributed by atoms with Gasteiger partial charge in [0, 0.05) is 5.56 Å². The molecule has 0 spiro atoms. The summed E-state index contributed by atoms with van der Waals surface area (Å²) in [5, 5.41) is 4.45. The Hall–Kier alpha value is -2.62. The zero-order valence-electron chi connectivity index (χ0n) is 10.1. The highest BCUT2D eigenvalue weighted by molar-refractivity contribution is 5.72. The molecular formula is C15H12FN3. The van der Waals surface area contributed by atoms with Gasteiger partial charge in [-0.05, 0) is 36.4 Å². The normalized spacial score (nSPS) is 10.6. The molecule has 2 N–H and O–H groups in total. The molecule has 0 saturated heterocycles. The Bertz CT molecular complexity index is 687. The van der Waals surface area contributed by atoms with Crippen molar-refractivity contribution in [3.63, 3.8) is 0 Å².